The van der Waals surface area contributed by atoms with Gasteiger partial charge in [-0.15, -0.1) is 0 Å². The van der Waals surface area contributed by atoms with Gasteiger partial charge in [0.15, 0.2) is 0 Å². The lowest BCUT2D eigenvalue weighted by Gasteiger charge is -2.24. The number of hydrogen-bond donors (Lipinski definition) is 1. The molecule has 1 fully saturated rings. The van der Waals surface area contributed by atoms with Gasteiger partial charge in [-0.2, -0.15) is 0 Å². The summed E-state index contributed by atoms with van der Waals surface area (Å²) in [5.74, 6) is -0.209. The molecular formula is C20H30FN3. The standard InChI is InChI=1S/C18H22FN3.2CH4/c19-17-6-4-15(5-7-17)16-12-18(14-21-13-16)22-10-3-1-2-8-20-9-11-22;;/h4-7,12-14,20H,1-3,8-11H2;2*1H4. The number of nitrogens with zero attached hydrogens (tertiary/aromatic N) is 2. The van der Waals surface area contributed by atoms with Crippen molar-refractivity contribution < 1.29 is 4.39 Å². The number of nitrogens with one attached hydrogen (secondary N) is 1. The summed E-state index contributed by atoms with van der Waals surface area (Å²) in [5, 5.41) is 3.48. The highest BCUT2D eigenvalue weighted by atomic mass is 19.1. The molecule has 1 aromatic heterocycles. The Labute approximate surface area is 145 Å². The minimum Gasteiger partial charge on any atom is -0.369 e. The van der Waals surface area contributed by atoms with Gasteiger partial charge < -0.3 is 10.2 Å². The van der Waals surface area contributed by atoms with Gasteiger partial charge in [0.2, 0.25) is 0 Å². The molecule has 1 aromatic carbocycles. The first-order valence-electron chi connectivity index (χ1n) is 7.99. The van der Waals surface area contributed by atoms with E-state index in [1.807, 2.05) is 12.4 Å². The highest BCUT2D eigenvalue weighted by Gasteiger charge is 2.10. The van der Waals surface area contributed by atoms with Crippen molar-refractivity contribution in [1.82, 2.24) is 10.3 Å². The van der Waals surface area contributed by atoms with Crippen molar-refractivity contribution in [3.05, 3.63) is 48.5 Å². The van der Waals surface area contributed by atoms with E-state index in [1.165, 1.54) is 31.4 Å². The third kappa shape index (κ3) is 5.31. The zero-order chi connectivity index (χ0) is 15.2. The summed E-state index contributed by atoms with van der Waals surface area (Å²) >= 11 is 0. The number of aromatic nitrogens is 1. The van der Waals surface area contributed by atoms with Crippen molar-refractivity contribution >= 4 is 5.69 Å². The highest BCUT2D eigenvalue weighted by molar-refractivity contribution is 5.67. The van der Waals surface area contributed by atoms with Crippen LogP contribution in [0, 0.1) is 5.82 Å². The molecule has 132 valence electrons. The third-order valence-corrected chi connectivity index (χ3v) is 4.11. The van der Waals surface area contributed by atoms with Gasteiger partial charge in [-0.05, 0) is 43.1 Å². The van der Waals surface area contributed by atoms with Crippen molar-refractivity contribution in [3.63, 3.8) is 0 Å². The number of benzene rings is 1. The lowest BCUT2D eigenvalue weighted by Crippen LogP contribution is -2.32. The number of pyridine rings is 1. The Balaban J connectivity index is 0.00000144. The van der Waals surface area contributed by atoms with Crippen LogP contribution in [0.1, 0.15) is 34.1 Å². The Morgan fingerprint density at radius 1 is 0.875 bits per heavy atom. The average Bonchev–Trinajstić information content (AvgIpc) is 2.69. The van der Waals surface area contributed by atoms with Crippen molar-refractivity contribution in [3.8, 4) is 11.1 Å². The van der Waals surface area contributed by atoms with Crippen LogP contribution in [0.3, 0.4) is 0 Å². The second-order valence-corrected chi connectivity index (χ2v) is 5.74. The van der Waals surface area contributed by atoms with Crippen LogP contribution >= 0.6 is 0 Å². The zero-order valence-corrected chi connectivity index (χ0v) is 12.8. The molecule has 3 rings (SSSR count). The van der Waals surface area contributed by atoms with Crippen LogP contribution in [-0.2, 0) is 0 Å². The summed E-state index contributed by atoms with van der Waals surface area (Å²) < 4.78 is 13.1. The summed E-state index contributed by atoms with van der Waals surface area (Å²) in [6.07, 6.45) is 7.48. The van der Waals surface area contributed by atoms with Gasteiger partial charge in [-0.3, -0.25) is 4.98 Å². The fourth-order valence-corrected chi connectivity index (χ4v) is 2.84. The predicted octanol–water partition coefficient (Wildman–Crippen LogP) is 4.74. The first-order chi connectivity index (χ1) is 10.8. The van der Waals surface area contributed by atoms with Crippen LogP contribution in [0.4, 0.5) is 10.1 Å². The van der Waals surface area contributed by atoms with Gasteiger partial charge in [0.1, 0.15) is 5.82 Å². The van der Waals surface area contributed by atoms with Crippen LogP contribution in [-0.4, -0.2) is 31.2 Å². The maximum atomic E-state index is 13.1. The number of rotatable bonds is 2. The molecule has 1 N–H and O–H groups in total. The van der Waals surface area contributed by atoms with Gasteiger partial charge in [0.25, 0.3) is 0 Å². The second kappa shape index (κ2) is 10.0. The van der Waals surface area contributed by atoms with Gasteiger partial charge in [-0.1, -0.05) is 33.4 Å². The highest BCUT2D eigenvalue weighted by Crippen LogP contribution is 2.24. The number of anilines is 1. The van der Waals surface area contributed by atoms with Gasteiger partial charge in [-0.25, -0.2) is 4.39 Å². The molecular weight excluding hydrogens is 301 g/mol. The molecule has 1 saturated heterocycles. The Morgan fingerprint density at radius 2 is 1.67 bits per heavy atom. The summed E-state index contributed by atoms with van der Waals surface area (Å²) in [7, 11) is 0. The molecule has 0 atom stereocenters. The molecule has 3 nitrogen and oxygen atoms in total. The van der Waals surface area contributed by atoms with Crippen molar-refractivity contribution in [2.45, 2.75) is 34.1 Å². The minimum absolute atomic E-state index is 0. The van der Waals surface area contributed by atoms with E-state index >= 15 is 0 Å². The molecule has 24 heavy (non-hydrogen) atoms. The summed E-state index contributed by atoms with van der Waals surface area (Å²) in [6, 6.07) is 8.74. The Morgan fingerprint density at radius 3 is 2.46 bits per heavy atom. The van der Waals surface area contributed by atoms with Crippen LogP contribution in [0.25, 0.3) is 11.1 Å². The molecule has 4 heteroatoms. The molecule has 0 aliphatic carbocycles. The molecule has 1 aliphatic heterocycles. The lowest BCUT2D eigenvalue weighted by atomic mass is 10.1. The number of halogens is 1. The fourth-order valence-electron chi connectivity index (χ4n) is 2.84. The lowest BCUT2D eigenvalue weighted by molar-refractivity contribution is 0.628. The van der Waals surface area contributed by atoms with Crippen LogP contribution in [0.2, 0.25) is 0 Å². The Hall–Kier alpha value is -1.94. The molecule has 0 unspecified atom stereocenters. The normalized spacial score (nSPS) is 15.3. The molecule has 2 aromatic rings. The van der Waals surface area contributed by atoms with E-state index in [0.29, 0.717) is 0 Å². The van der Waals surface area contributed by atoms with E-state index in [9.17, 15) is 4.39 Å². The largest absolute Gasteiger partial charge is 0.369 e. The molecule has 0 spiro atoms. The summed E-state index contributed by atoms with van der Waals surface area (Å²) in [4.78, 5) is 6.77. The molecule has 0 saturated carbocycles. The fraction of sp³-hybridized carbons (Fsp3) is 0.450. The third-order valence-electron chi connectivity index (χ3n) is 4.11. The minimum atomic E-state index is -0.209. The van der Waals surface area contributed by atoms with Crippen molar-refractivity contribution in [2.24, 2.45) is 0 Å². The average molecular weight is 331 g/mol. The Bertz CT molecular complexity index is 588. The monoisotopic (exact) mass is 331 g/mol. The van der Waals surface area contributed by atoms with Crippen LogP contribution < -0.4 is 10.2 Å². The van der Waals surface area contributed by atoms with E-state index in [1.54, 1.807) is 12.1 Å². The van der Waals surface area contributed by atoms with Gasteiger partial charge in [0, 0.05) is 31.4 Å². The molecule has 1 aliphatic rings. The van der Waals surface area contributed by atoms with E-state index in [2.05, 4.69) is 21.3 Å². The van der Waals surface area contributed by atoms with Crippen molar-refractivity contribution in [1.29, 1.82) is 0 Å². The van der Waals surface area contributed by atoms with Gasteiger partial charge in [0.05, 0.1) is 11.9 Å². The van der Waals surface area contributed by atoms with E-state index in [-0.39, 0.29) is 20.7 Å². The smallest absolute Gasteiger partial charge is 0.123 e. The molecule has 0 radical (unpaired) electrons. The SMILES string of the molecule is C.C.Fc1ccc(-c2cncc(N3CCCCCNCC3)c2)cc1. The summed E-state index contributed by atoms with van der Waals surface area (Å²) in [6.45, 7) is 4.17. The molecule has 2 heterocycles. The quantitative estimate of drug-likeness (QED) is 0.861. The topological polar surface area (TPSA) is 28.2 Å². The number of hydrogen-bond acceptors (Lipinski definition) is 3. The van der Waals surface area contributed by atoms with Crippen molar-refractivity contribution in [2.75, 3.05) is 31.1 Å². The van der Waals surface area contributed by atoms with E-state index < -0.39 is 0 Å². The molecule has 0 bridgehead atoms. The summed E-state index contributed by atoms with van der Waals surface area (Å²) in [5.41, 5.74) is 3.17. The first kappa shape index (κ1) is 20.1. The van der Waals surface area contributed by atoms with Gasteiger partial charge >= 0.3 is 0 Å². The van der Waals surface area contributed by atoms with Crippen LogP contribution in [0.15, 0.2) is 42.7 Å². The van der Waals surface area contributed by atoms with E-state index in [4.69, 9.17) is 0 Å². The second-order valence-electron chi connectivity index (χ2n) is 5.74. The zero-order valence-electron chi connectivity index (χ0n) is 12.8. The molecule has 0 amide bonds. The predicted molar refractivity (Wildman–Crippen MR) is 102 cm³/mol. The maximum absolute atomic E-state index is 13.1. The Kier molecular flexibility index (Phi) is 8.41. The maximum Gasteiger partial charge on any atom is 0.123 e. The van der Waals surface area contributed by atoms with Crippen LogP contribution in [0.5, 0.6) is 0 Å². The first-order valence-corrected chi connectivity index (χ1v) is 7.99. The van der Waals surface area contributed by atoms with E-state index in [0.717, 1.165) is 43.0 Å².